The Morgan fingerprint density at radius 1 is 1.25 bits per heavy atom. The predicted octanol–water partition coefficient (Wildman–Crippen LogP) is 4.00. The number of carbonyl (C=O) groups excluding carboxylic acids is 1. The average Bonchev–Trinajstić information content (AvgIpc) is 2.41. The van der Waals surface area contributed by atoms with Gasteiger partial charge in [-0.25, -0.2) is 4.79 Å². The fourth-order valence-corrected chi connectivity index (χ4v) is 2.00. The highest BCUT2D eigenvalue weighted by molar-refractivity contribution is 9.10. The molecule has 0 aromatic heterocycles. The Kier molecular flexibility index (Phi) is 4.63. The van der Waals surface area contributed by atoms with E-state index in [1.807, 2.05) is 18.2 Å². The van der Waals surface area contributed by atoms with Crippen LogP contribution in [0.2, 0.25) is 0 Å². The van der Waals surface area contributed by atoms with E-state index in [1.54, 1.807) is 31.2 Å². The molecule has 0 aliphatic heterocycles. The summed E-state index contributed by atoms with van der Waals surface area (Å²) >= 11 is 3.37. The third kappa shape index (κ3) is 3.51. The zero-order valence-corrected chi connectivity index (χ0v) is 12.5. The lowest BCUT2D eigenvalue weighted by molar-refractivity contribution is 0.0526. The number of esters is 1. The van der Waals surface area contributed by atoms with E-state index in [0.717, 1.165) is 4.47 Å². The maximum atomic E-state index is 11.7. The second kappa shape index (κ2) is 6.43. The number of nitrogen functional groups attached to an aromatic ring is 1. The number of nitrogens with two attached hydrogens (primary N) is 1. The van der Waals surface area contributed by atoms with Gasteiger partial charge in [0, 0.05) is 4.47 Å². The molecule has 0 bridgehead atoms. The lowest BCUT2D eigenvalue weighted by Gasteiger charge is -2.10. The van der Waals surface area contributed by atoms with Crippen LogP contribution >= 0.6 is 15.9 Å². The molecular formula is C15H14BrNO3. The summed E-state index contributed by atoms with van der Waals surface area (Å²) in [4.78, 5) is 11.7. The lowest BCUT2D eigenvalue weighted by atomic mass is 10.2. The van der Waals surface area contributed by atoms with Gasteiger partial charge in [0.15, 0.2) is 5.75 Å². The number of benzene rings is 2. The molecule has 0 fully saturated rings. The SMILES string of the molecule is CCOC(=O)c1ccc(N)c(Oc2cccc(Br)c2)c1. The molecule has 104 valence electrons. The summed E-state index contributed by atoms with van der Waals surface area (Å²) < 4.78 is 11.5. The Bertz CT molecular complexity index is 628. The fraction of sp³-hybridized carbons (Fsp3) is 0.133. The van der Waals surface area contributed by atoms with Crippen LogP contribution < -0.4 is 10.5 Å². The summed E-state index contributed by atoms with van der Waals surface area (Å²) in [6.07, 6.45) is 0. The molecule has 0 saturated carbocycles. The number of anilines is 1. The molecule has 4 nitrogen and oxygen atoms in total. The second-order valence-corrected chi connectivity index (χ2v) is 4.95. The summed E-state index contributed by atoms with van der Waals surface area (Å²) in [5.74, 6) is 0.660. The van der Waals surface area contributed by atoms with Gasteiger partial charge in [-0.05, 0) is 43.3 Å². The van der Waals surface area contributed by atoms with Gasteiger partial charge in [-0.2, -0.15) is 0 Å². The highest BCUT2D eigenvalue weighted by Crippen LogP contribution is 2.30. The van der Waals surface area contributed by atoms with Crippen LogP contribution in [0.1, 0.15) is 17.3 Å². The molecule has 0 spiro atoms. The summed E-state index contributed by atoms with van der Waals surface area (Å²) in [5.41, 5.74) is 6.73. The van der Waals surface area contributed by atoms with Crippen LogP contribution in [0.25, 0.3) is 0 Å². The monoisotopic (exact) mass is 335 g/mol. The van der Waals surface area contributed by atoms with E-state index in [-0.39, 0.29) is 0 Å². The molecule has 5 heteroatoms. The van der Waals surface area contributed by atoms with Crippen LogP contribution in [0, 0.1) is 0 Å². The summed E-state index contributed by atoms with van der Waals surface area (Å²) in [6.45, 7) is 2.08. The number of halogens is 1. The number of carbonyl (C=O) groups is 1. The molecule has 0 heterocycles. The van der Waals surface area contributed by atoms with Gasteiger partial charge < -0.3 is 15.2 Å². The van der Waals surface area contributed by atoms with Crippen molar-refractivity contribution in [2.24, 2.45) is 0 Å². The molecule has 0 amide bonds. The van der Waals surface area contributed by atoms with Crippen molar-refractivity contribution in [1.82, 2.24) is 0 Å². The largest absolute Gasteiger partial charge is 0.462 e. The minimum Gasteiger partial charge on any atom is -0.462 e. The van der Waals surface area contributed by atoms with E-state index in [9.17, 15) is 4.79 Å². The second-order valence-electron chi connectivity index (χ2n) is 4.03. The molecule has 0 saturated heterocycles. The molecule has 20 heavy (non-hydrogen) atoms. The van der Waals surface area contributed by atoms with Crippen molar-refractivity contribution in [3.8, 4) is 11.5 Å². The molecule has 2 aromatic rings. The van der Waals surface area contributed by atoms with Crippen LogP contribution in [0.4, 0.5) is 5.69 Å². The van der Waals surface area contributed by atoms with Crippen molar-refractivity contribution in [2.45, 2.75) is 6.92 Å². The highest BCUT2D eigenvalue weighted by Gasteiger charge is 2.10. The van der Waals surface area contributed by atoms with Gasteiger partial charge in [-0.1, -0.05) is 22.0 Å². The first-order valence-electron chi connectivity index (χ1n) is 6.10. The summed E-state index contributed by atoms with van der Waals surface area (Å²) in [7, 11) is 0. The van der Waals surface area contributed by atoms with Crippen molar-refractivity contribution < 1.29 is 14.3 Å². The third-order valence-electron chi connectivity index (χ3n) is 2.55. The third-order valence-corrected chi connectivity index (χ3v) is 3.04. The highest BCUT2D eigenvalue weighted by atomic mass is 79.9. The minimum absolute atomic E-state index is 0.324. The number of rotatable bonds is 4. The molecule has 2 rings (SSSR count). The minimum atomic E-state index is -0.397. The van der Waals surface area contributed by atoms with E-state index >= 15 is 0 Å². The van der Waals surface area contributed by atoms with Crippen LogP contribution in [-0.2, 0) is 4.74 Å². The molecular weight excluding hydrogens is 322 g/mol. The molecule has 0 radical (unpaired) electrons. The molecule has 0 aliphatic rings. The van der Waals surface area contributed by atoms with Gasteiger partial charge in [0.25, 0.3) is 0 Å². The average molecular weight is 336 g/mol. The maximum absolute atomic E-state index is 11.7. The van der Waals surface area contributed by atoms with Crippen molar-refractivity contribution in [2.75, 3.05) is 12.3 Å². The van der Waals surface area contributed by atoms with Gasteiger partial charge in [-0.3, -0.25) is 0 Å². The number of hydrogen-bond donors (Lipinski definition) is 1. The smallest absolute Gasteiger partial charge is 0.338 e. The van der Waals surface area contributed by atoms with Gasteiger partial charge in [0.05, 0.1) is 17.9 Å². The zero-order valence-electron chi connectivity index (χ0n) is 10.9. The van der Waals surface area contributed by atoms with E-state index < -0.39 is 5.97 Å². The number of ether oxygens (including phenoxy) is 2. The zero-order chi connectivity index (χ0) is 14.5. The van der Waals surface area contributed by atoms with Crippen molar-refractivity contribution in [3.63, 3.8) is 0 Å². The first-order valence-corrected chi connectivity index (χ1v) is 6.89. The Morgan fingerprint density at radius 2 is 2.05 bits per heavy atom. The summed E-state index contributed by atoms with van der Waals surface area (Å²) in [6, 6.07) is 12.2. The topological polar surface area (TPSA) is 61.5 Å². The molecule has 0 atom stereocenters. The standard InChI is InChI=1S/C15H14BrNO3/c1-2-19-15(18)10-6-7-13(17)14(8-10)20-12-5-3-4-11(16)9-12/h3-9H,2,17H2,1H3. The Balaban J connectivity index is 2.27. The molecule has 0 aliphatic carbocycles. The maximum Gasteiger partial charge on any atom is 0.338 e. The van der Waals surface area contributed by atoms with Gasteiger partial charge in [0.2, 0.25) is 0 Å². The van der Waals surface area contributed by atoms with Crippen LogP contribution in [0.3, 0.4) is 0 Å². The van der Waals surface area contributed by atoms with E-state index in [0.29, 0.717) is 29.4 Å². The van der Waals surface area contributed by atoms with Gasteiger partial charge >= 0.3 is 5.97 Å². The van der Waals surface area contributed by atoms with E-state index in [2.05, 4.69) is 15.9 Å². The Labute approximate surface area is 125 Å². The van der Waals surface area contributed by atoms with E-state index in [1.165, 1.54) is 0 Å². The Morgan fingerprint density at radius 3 is 2.75 bits per heavy atom. The fourth-order valence-electron chi connectivity index (χ4n) is 1.62. The quantitative estimate of drug-likeness (QED) is 0.677. The van der Waals surface area contributed by atoms with Crippen molar-refractivity contribution >= 4 is 27.6 Å². The van der Waals surface area contributed by atoms with Gasteiger partial charge in [-0.15, -0.1) is 0 Å². The molecule has 0 unspecified atom stereocenters. The van der Waals surface area contributed by atoms with Crippen molar-refractivity contribution in [1.29, 1.82) is 0 Å². The van der Waals surface area contributed by atoms with Crippen molar-refractivity contribution in [3.05, 3.63) is 52.5 Å². The molecule has 2 aromatic carbocycles. The first-order chi connectivity index (χ1) is 9.60. The van der Waals surface area contributed by atoms with E-state index in [4.69, 9.17) is 15.2 Å². The first kappa shape index (κ1) is 14.4. The lowest BCUT2D eigenvalue weighted by Crippen LogP contribution is -2.05. The van der Waals surface area contributed by atoms with Crippen LogP contribution in [-0.4, -0.2) is 12.6 Å². The summed E-state index contributed by atoms with van der Waals surface area (Å²) in [5, 5.41) is 0. The molecule has 2 N–H and O–H groups in total. The van der Waals surface area contributed by atoms with Crippen LogP contribution in [0.15, 0.2) is 46.9 Å². The number of hydrogen-bond acceptors (Lipinski definition) is 4. The van der Waals surface area contributed by atoms with Crippen LogP contribution in [0.5, 0.6) is 11.5 Å². The van der Waals surface area contributed by atoms with Gasteiger partial charge in [0.1, 0.15) is 5.75 Å². The normalized spacial score (nSPS) is 10.1. The predicted molar refractivity (Wildman–Crippen MR) is 81.0 cm³/mol. The Hall–Kier alpha value is -2.01.